The molecule has 0 spiro atoms. The number of fused-ring (bicyclic) bond motifs is 1. The highest BCUT2D eigenvalue weighted by Gasteiger charge is 2.19. The number of nitrogen functional groups attached to an aromatic ring is 1. The lowest BCUT2D eigenvalue weighted by atomic mass is 10.5. The topological polar surface area (TPSA) is 105 Å². The Balaban J connectivity index is 2.33. The molecular weight excluding hydrogens is 281 g/mol. The number of imidazole rings is 1. The summed E-state index contributed by atoms with van der Waals surface area (Å²) in [7, 11) is -3.25. The minimum Gasteiger partial charge on any atom is -0.382 e. The van der Waals surface area contributed by atoms with E-state index in [4.69, 9.17) is 14.8 Å². The molecule has 0 unspecified atom stereocenters. The fourth-order valence-corrected chi connectivity index (χ4v) is 2.89. The molecule has 0 atom stereocenters. The van der Waals surface area contributed by atoms with Crippen molar-refractivity contribution in [2.45, 2.75) is 13.8 Å². The first-order valence-corrected chi connectivity index (χ1v) is 7.72. The van der Waals surface area contributed by atoms with Crippen LogP contribution in [0.3, 0.4) is 0 Å². The molecule has 0 fully saturated rings. The van der Waals surface area contributed by atoms with Gasteiger partial charge in [-0.05, 0) is 13.8 Å². The average molecular weight is 297 g/mol. The van der Waals surface area contributed by atoms with Crippen LogP contribution in [0, 0.1) is 0 Å². The Morgan fingerprint density at radius 2 is 2.00 bits per heavy atom. The maximum atomic E-state index is 12.3. The maximum absolute atomic E-state index is 12.3. The normalized spacial score (nSPS) is 12.5. The molecule has 2 aromatic heterocycles. The lowest BCUT2D eigenvalue weighted by Gasteiger charge is -2.12. The lowest BCUT2D eigenvalue weighted by molar-refractivity contribution is 0.229. The van der Waals surface area contributed by atoms with Crippen molar-refractivity contribution in [2.24, 2.45) is 0 Å². The Morgan fingerprint density at radius 1 is 1.30 bits per heavy atom. The van der Waals surface area contributed by atoms with Crippen molar-refractivity contribution in [1.29, 1.82) is 0 Å². The number of hydrogen-bond acceptors (Lipinski definition) is 7. The number of anilines is 1. The molecule has 9 heteroatoms. The zero-order chi connectivity index (χ0) is 14.6. The van der Waals surface area contributed by atoms with Gasteiger partial charge in [-0.25, -0.2) is 15.0 Å². The summed E-state index contributed by atoms with van der Waals surface area (Å²) in [5.74, 6) is 1.67. The summed E-state index contributed by atoms with van der Waals surface area (Å²) in [6, 6.07) is 0. The summed E-state index contributed by atoms with van der Waals surface area (Å²) < 4.78 is 24.2. The van der Waals surface area contributed by atoms with Gasteiger partial charge in [0.2, 0.25) is 0 Å². The molecule has 0 amide bonds. The van der Waals surface area contributed by atoms with Gasteiger partial charge in [0.05, 0.1) is 13.2 Å². The molecule has 2 aromatic rings. The van der Waals surface area contributed by atoms with Crippen LogP contribution < -0.4 is 5.73 Å². The van der Waals surface area contributed by atoms with E-state index in [1.807, 2.05) is 0 Å². The quantitative estimate of drug-likeness (QED) is 0.814. The van der Waals surface area contributed by atoms with Gasteiger partial charge in [0.1, 0.15) is 12.7 Å². The van der Waals surface area contributed by atoms with Gasteiger partial charge in [-0.1, -0.05) is 0 Å². The summed E-state index contributed by atoms with van der Waals surface area (Å²) in [6.45, 7) is 4.09. The van der Waals surface area contributed by atoms with Crippen molar-refractivity contribution in [3.63, 3.8) is 0 Å². The highest BCUT2D eigenvalue weighted by Crippen LogP contribution is 2.49. The number of nitrogens with two attached hydrogens (primary N) is 1. The van der Waals surface area contributed by atoms with Crippen molar-refractivity contribution in [3.8, 4) is 0 Å². The third-order valence-electron chi connectivity index (χ3n) is 2.42. The smallest absolute Gasteiger partial charge is 0.355 e. The van der Waals surface area contributed by atoms with Gasteiger partial charge < -0.3 is 14.8 Å². The van der Waals surface area contributed by atoms with Crippen LogP contribution in [0.2, 0.25) is 0 Å². The zero-order valence-corrected chi connectivity index (χ0v) is 12.2. The predicted molar refractivity (Wildman–Crippen MR) is 75.9 cm³/mol. The second kappa shape index (κ2) is 6.13. The molecular formula is C11H16N5O3P. The van der Waals surface area contributed by atoms with Crippen LogP contribution in [0.1, 0.15) is 13.8 Å². The molecule has 0 saturated carbocycles. The van der Waals surface area contributed by atoms with Gasteiger partial charge in [0.25, 0.3) is 0 Å². The van der Waals surface area contributed by atoms with Gasteiger partial charge in [0, 0.05) is 12.0 Å². The van der Waals surface area contributed by atoms with E-state index < -0.39 is 7.60 Å². The van der Waals surface area contributed by atoms with Gasteiger partial charge in [-0.3, -0.25) is 9.13 Å². The molecule has 20 heavy (non-hydrogen) atoms. The van der Waals surface area contributed by atoms with Crippen LogP contribution in [0.25, 0.3) is 17.4 Å². The van der Waals surface area contributed by atoms with Crippen molar-refractivity contribution in [2.75, 3.05) is 18.9 Å². The predicted octanol–water partition coefficient (Wildman–Crippen LogP) is 2.10. The van der Waals surface area contributed by atoms with Gasteiger partial charge in [-0.2, -0.15) is 0 Å². The third kappa shape index (κ3) is 3.04. The Bertz CT molecular complexity index is 659. The van der Waals surface area contributed by atoms with Crippen LogP contribution in [0.15, 0.2) is 18.5 Å². The zero-order valence-electron chi connectivity index (χ0n) is 11.3. The molecule has 2 rings (SSSR count). The summed E-state index contributed by atoms with van der Waals surface area (Å²) in [4.78, 5) is 12.0. The van der Waals surface area contributed by atoms with Gasteiger partial charge in [-0.15, -0.1) is 0 Å². The first-order valence-electron chi connectivity index (χ1n) is 6.10. The number of hydrogen-bond donors (Lipinski definition) is 1. The van der Waals surface area contributed by atoms with E-state index in [1.54, 1.807) is 18.4 Å². The summed E-state index contributed by atoms with van der Waals surface area (Å²) in [6.07, 6.45) is 4.39. The van der Waals surface area contributed by atoms with Crippen LogP contribution in [-0.2, 0) is 13.6 Å². The highest BCUT2D eigenvalue weighted by molar-refractivity contribution is 7.57. The molecule has 0 radical (unpaired) electrons. The first kappa shape index (κ1) is 14.6. The van der Waals surface area contributed by atoms with Crippen molar-refractivity contribution < 1.29 is 13.6 Å². The van der Waals surface area contributed by atoms with E-state index in [2.05, 4.69) is 15.0 Å². The lowest BCUT2D eigenvalue weighted by Crippen LogP contribution is -1.95. The van der Waals surface area contributed by atoms with E-state index >= 15 is 0 Å². The minimum absolute atomic E-state index is 0.292. The molecule has 0 aliphatic rings. The second-order valence-electron chi connectivity index (χ2n) is 3.76. The Kier molecular flexibility index (Phi) is 4.49. The van der Waals surface area contributed by atoms with E-state index in [-0.39, 0.29) is 0 Å². The monoisotopic (exact) mass is 297 g/mol. The van der Waals surface area contributed by atoms with Crippen molar-refractivity contribution in [3.05, 3.63) is 18.5 Å². The summed E-state index contributed by atoms with van der Waals surface area (Å²) in [5.41, 5.74) is 6.70. The fraction of sp³-hybridized carbons (Fsp3) is 0.364. The molecule has 0 aliphatic carbocycles. The molecule has 2 N–H and O–H groups in total. The Morgan fingerprint density at radius 3 is 2.65 bits per heavy atom. The molecule has 2 heterocycles. The van der Waals surface area contributed by atoms with E-state index in [9.17, 15) is 4.57 Å². The fourth-order valence-electron chi connectivity index (χ4n) is 1.62. The minimum atomic E-state index is -3.25. The highest BCUT2D eigenvalue weighted by atomic mass is 31.2. The van der Waals surface area contributed by atoms with Crippen LogP contribution in [0.4, 0.5) is 5.82 Å². The van der Waals surface area contributed by atoms with Crippen molar-refractivity contribution in [1.82, 2.24) is 19.5 Å². The van der Waals surface area contributed by atoms with Gasteiger partial charge in [0.15, 0.2) is 17.0 Å². The molecule has 0 bridgehead atoms. The largest absolute Gasteiger partial charge is 0.382 e. The summed E-state index contributed by atoms with van der Waals surface area (Å²) in [5, 5.41) is 0. The molecule has 8 nitrogen and oxygen atoms in total. The van der Waals surface area contributed by atoms with E-state index in [0.29, 0.717) is 30.2 Å². The molecule has 0 saturated heterocycles. The van der Waals surface area contributed by atoms with Crippen LogP contribution in [0.5, 0.6) is 0 Å². The van der Waals surface area contributed by atoms with Crippen molar-refractivity contribution >= 4 is 30.8 Å². The van der Waals surface area contributed by atoms with E-state index in [1.165, 1.54) is 24.7 Å². The first-order chi connectivity index (χ1) is 9.59. The number of aromatic nitrogens is 4. The Hall–Kier alpha value is -1.76. The summed E-state index contributed by atoms with van der Waals surface area (Å²) >= 11 is 0. The van der Waals surface area contributed by atoms with Crippen LogP contribution >= 0.6 is 7.60 Å². The standard InChI is InChI=1S/C11H16N5O3P/c1-3-18-20(17,19-4-2)6-5-16-8-15-9-10(12)13-7-14-11(9)16/h5-8H,3-4H2,1-2H3,(H2,12,13,14)/b6-5-. The molecule has 108 valence electrons. The second-order valence-corrected chi connectivity index (χ2v) is 5.65. The molecule has 0 aromatic carbocycles. The molecule has 0 aliphatic heterocycles. The van der Waals surface area contributed by atoms with Gasteiger partial charge >= 0.3 is 7.60 Å². The Labute approximate surface area is 116 Å². The number of nitrogens with zero attached hydrogens (tertiary/aromatic N) is 4. The van der Waals surface area contributed by atoms with E-state index in [0.717, 1.165) is 0 Å². The average Bonchev–Trinajstić information content (AvgIpc) is 2.82. The number of rotatable bonds is 6. The maximum Gasteiger partial charge on any atom is 0.355 e. The SMILES string of the molecule is CCOP(=O)(/C=C\n1cnc2c(N)ncnc21)OCC. The van der Waals surface area contributed by atoms with Crippen LogP contribution in [-0.4, -0.2) is 32.7 Å². The third-order valence-corrected chi connectivity index (χ3v) is 4.15.